The number of piperidine rings is 1. The number of carbonyl (C=O) groups excluding carboxylic acids is 1. The Morgan fingerprint density at radius 2 is 1.73 bits per heavy atom. The van der Waals surface area contributed by atoms with Crippen molar-refractivity contribution >= 4 is 5.91 Å². The number of carbonyl (C=O) groups is 1. The van der Waals surface area contributed by atoms with Gasteiger partial charge in [0.15, 0.2) is 11.5 Å². The molecule has 0 aromatic heterocycles. The Kier molecular flexibility index (Phi) is 4.59. The van der Waals surface area contributed by atoms with Crippen LogP contribution >= 0.6 is 0 Å². The Hall–Kier alpha value is -1.75. The van der Waals surface area contributed by atoms with Crippen molar-refractivity contribution in [2.75, 3.05) is 26.3 Å². The first kappa shape index (κ1) is 17.7. The van der Waals surface area contributed by atoms with E-state index in [1.807, 2.05) is 0 Å². The van der Waals surface area contributed by atoms with Crippen LogP contribution in [-0.4, -0.2) is 53.6 Å². The van der Waals surface area contributed by atoms with Crippen LogP contribution in [0.5, 0.6) is 11.5 Å². The first-order valence-electron chi connectivity index (χ1n) is 9.96. The van der Waals surface area contributed by atoms with E-state index < -0.39 is 0 Å². The van der Waals surface area contributed by atoms with Gasteiger partial charge < -0.3 is 14.4 Å². The van der Waals surface area contributed by atoms with Crippen LogP contribution in [0.15, 0.2) is 12.1 Å². The van der Waals surface area contributed by atoms with Crippen molar-refractivity contribution in [3.8, 4) is 11.5 Å². The highest BCUT2D eigenvalue weighted by Crippen LogP contribution is 2.41. The molecule has 4 rings (SSSR count). The molecule has 26 heavy (non-hydrogen) atoms. The van der Waals surface area contributed by atoms with E-state index in [0.29, 0.717) is 19.1 Å². The molecule has 1 unspecified atom stereocenters. The standard InChI is InChI=1S/C21H30N2O3/c1-15(2)23-9-5-7-21(20(23)24)6-4-8-22(21)14-17-13-19-18(12-16(17)3)25-10-11-26-19/h12-13,15H,4-11,14H2,1-3H3. The van der Waals surface area contributed by atoms with Crippen LogP contribution in [-0.2, 0) is 11.3 Å². The van der Waals surface area contributed by atoms with E-state index in [4.69, 9.17) is 9.47 Å². The normalized spacial score (nSPS) is 26.2. The third kappa shape index (κ3) is 2.86. The summed E-state index contributed by atoms with van der Waals surface area (Å²) in [5.41, 5.74) is 2.15. The average molecular weight is 358 g/mol. The van der Waals surface area contributed by atoms with Gasteiger partial charge in [-0.2, -0.15) is 0 Å². The molecule has 0 radical (unpaired) electrons. The Bertz CT molecular complexity index is 703. The molecule has 2 saturated heterocycles. The highest BCUT2D eigenvalue weighted by atomic mass is 16.6. The molecule has 0 saturated carbocycles. The molecule has 142 valence electrons. The fourth-order valence-corrected chi connectivity index (χ4v) is 4.81. The average Bonchev–Trinajstić information content (AvgIpc) is 3.01. The molecule has 5 heteroatoms. The molecule has 1 amide bonds. The molecule has 2 fully saturated rings. The monoisotopic (exact) mass is 358 g/mol. The highest BCUT2D eigenvalue weighted by molar-refractivity contribution is 5.87. The Labute approximate surface area is 156 Å². The van der Waals surface area contributed by atoms with E-state index in [1.165, 1.54) is 11.1 Å². The lowest BCUT2D eigenvalue weighted by molar-refractivity contribution is -0.149. The molecular weight excluding hydrogens is 328 g/mol. The van der Waals surface area contributed by atoms with E-state index in [9.17, 15) is 4.79 Å². The Morgan fingerprint density at radius 3 is 2.42 bits per heavy atom. The number of hydrogen-bond acceptors (Lipinski definition) is 4. The second-order valence-electron chi connectivity index (χ2n) is 8.17. The van der Waals surface area contributed by atoms with Crippen LogP contribution in [0, 0.1) is 6.92 Å². The minimum Gasteiger partial charge on any atom is -0.486 e. The van der Waals surface area contributed by atoms with E-state index in [-0.39, 0.29) is 11.6 Å². The first-order chi connectivity index (χ1) is 12.5. The molecule has 1 aromatic rings. The number of fused-ring (bicyclic) bond motifs is 1. The zero-order chi connectivity index (χ0) is 18.3. The van der Waals surface area contributed by atoms with Crippen molar-refractivity contribution in [3.63, 3.8) is 0 Å². The molecule has 3 heterocycles. The van der Waals surface area contributed by atoms with Gasteiger partial charge in [0.25, 0.3) is 0 Å². The van der Waals surface area contributed by atoms with Crippen molar-refractivity contribution < 1.29 is 14.3 Å². The zero-order valence-electron chi connectivity index (χ0n) is 16.2. The molecule has 0 aliphatic carbocycles. The van der Waals surface area contributed by atoms with Gasteiger partial charge in [-0.25, -0.2) is 0 Å². The molecule has 0 N–H and O–H groups in total. The van der Waals surface area contributed by atoms with Crippen molar-refractivity contribution in [3.05, 3.63) is 23.3 Å². The summed E-state index contributed by atoms with van der Waals surface area (Å²) in [6.45, 7) is 10.3. The highest BCUT2D eigenvalue weighted by Gasteiger charge is 2.51. The molecular formula is C21H30N2O3. The summed E-state index contributed by atoms with van der Waals surface area (Å²) in [5, 5.41) is 0. The maximum Gasteiger partial charge on any atom is 0.243 e. The largest absolute Gasteiger partial charge is 0.486 e. The number of ether oxygens (including phenoxy) is 2. The number of likely N-dealkylation sites (tertiary alicyclic amines) is 2. The topological polar surface area (TPSA) is 42.0 Å². The summed E-state index contributed by atoms with van der Waals surface area (Å²) in [6.07, 6.45) is 4.17. The summed E-state index contributed by atoms with van der Waals surface area (Å²) in [4.78, 5) is 17.9. The summed E-state index contributed by atoms with van der Waals surface area (Å²) in [7, 11) is 0. The van der Waals surface area contributed by atoms with Gasteiger partial charge in [0.05, 0.1) is 0 Å². The lowest BCUT2D eigenvalue weighted by Gasteiger charge is -2.46. The zero-order valence-corrected chi connectivity index (χ0v) is 16.2. The van der Waals surface area contributed by atoms with Gasteiger partial charge in [-0.05, 0) is 76.3 Å². The molecule has 1 atom stereocenters. The minimum absolute atomic E-state index is 0.276. The van der Waals surface area contributed by atoms with Crippen LogP contribution in [0.3, 0.4) is 0 Å². The molecule has 0 bridgehead atoms. The maximum atomic E-state index is 13.3. The summed E-state index contributed by atoms with van der Waals surface area (Å²) >= 11 is 0. The quantitative estimate of drug-likeness (QED) is 0.832. The minimum atomic E-state index is -0.303. The van der Waals surface area contributed by atoms with Gasteiger partial charge in [-0.3, -0.25) is 9.69 Å². The second kappa shape index (κ2) is 6.76. The number of nitrogens with zero attached hydrogens (tertiary/aromatic N) is 2. The van der Waals surface area contributed by atoms with E-state index in [1.54, 1.807) is 0 Å². The van der Waals surface area contributed by atoms with Crippen molar-refractivity contribution in [2.45, 2.75) is 64.6 Å². The van der Waals surface area contributed by atoms with E-state index in [0.717, 1.165) is 56.8 Å². The lowest BCUT2D eigenvalue weighted by atomic mass is 9.84. The SMILES string of the molecule is Cc1cc2c(cc1CN1CCCC13CCCN(C(C)C)C3=O)OCCO2. The second-order valence-corrected chi connectivity index (χ2v) is 8.17. The van der Waals surface area contributed by atoms with Crippen LogP contribution in [0.2, 0.25) is 0 Å². The predicted molar refractivity (Wildman–Crippen MR) is 101 cm³/mol. The van der Waals surface area contributed by atoms with Gasteiger partial charge in [0, 0.05) is 19.1 Å². The Balaban J connectivity index is 1.61. The van der Waals surface area contributed by atoms with E-state index >= 15 is 0 Å². The van der Waals surface area contributed by atoms with Crippen molar-refractivity contribution in [2.24, 2.45) is 0 Å². The third-order valence-electron chi connectivity index (χ3n) is 6.26. The number of amides is 1. The van der Waals surface area contributed by atoms with Gasteiger partial charge in [-0.1, -0.05) is 0 Å². The van der Waals surface area contributed by atoms with Crippen LogP contribution in [0.1, 0.15) is 50.7 Å². The van der Waals surface area contributed by atoms with Crippen LogP contribution in [0.4, 0.5) is 0 Å². The predicted octanol–water partition coefficient (Wildman–Crippen LogP) is 3.13. The molecule has 3 aliphatic rings. The number of benzene rings is 1. The summed E-state index contributed by atoms with van der Waals surface area (Å²) in [6, 6.07) is 4.47. The first-order valence-corrected chi connectivity index (χ1v) is 9.96. The summed E-state index contributed by atoms with van der Waals surface area (Å²) in [5.74, 6) is 2.02. The van der Waals surface area contributed by atoms with E-state index in [2.05, 4.69) is 42.7 Å². The summed E-state index contributed by atoms with van der Waals surface area (Å²) < 4.78 is 11.5. The third-order valence-corrected chi connectivity index (χ3v) is 6.26. The fraction of sp³-hybridized carbons (Fsp3) is 0.667. The van der Waals surface area contributed by atoms with Gasteiger partial charge in [-0.15, -0.1) is 0 Å². The van der Waals surface area contributed by atoms with Gasteiger partial charge in [0.1, 0.15) is 18.8 Å². The van der Waals surface area contributed by atoms with Gasteiger partial charge >= 0.3 is 0 Å². The number of rotatable bonds is 3. The molecule has 5 nitrogen and oxygen atoms in total. The number of hydrogen-bond donors (Lipinski definition) is 0. The fourth-order valence-electron chi connectivity index (χ4n) is 4.81. The Morgan fingerprint density at radius 1 is 1.08 bits per heavy atom. The maximum absolute atomic E-state index is 13.3. The van der Waals surface area contributed by atoms with Crippen LogP contribution < -0.4 is 9.47 Å². The van der Waals surface area contributed by atoms with Gasteiger partial charge in [0.2, 0.25) is 5.91 Å². The van der Waals surface area contributed by atoms with Crippen molar-refractivity contribution in [1.29, 1.82) is 0 Å². The molecule has 3 aliphatic heterocycles. The number of aryl methyl sites for hydroxylation is 1. The lowest BCUT2D eigenvalue weighted by Crippen LogP contribution is -2.61. The van der Waals surface area contributed by atoms with Crippen LogP contribution in [0.25, 0.3) is 0 Å². The smallest absolute Gasteiger partial charge is 0.243 e. The molecule has 1 aromatic carbocycles. The van der Waals surface area contributed by atoms with Crippen molar-refractivity contribution in [1.82, 2.24) is 9.80 Å². The molecule has 1 spiro atoms.